The van der Waals surface area contributed by atoms with E-state index in [4.69, 9.17) is 4.74 Å². The van der Waals surface area contributed by atoms with Gasteiger partial charge < -0.3 is 4.74 Å². The molecule has 0 radical (unpaired) electrons. The van der Waals surface area contributed by atoms with Crippen molar-refractivity contribution in [2.75, 3.05) is 19.6 Å². The minimum atomic E-state index is -3.63. The molecule has 0 spiro atoms. The van der Waals surface area contributed by atoms with Gasteiger partial charge in [0.1, 0.15) is 10.9 Å². The molecule has 1 heterocycles. The van der Waals surface area contributed by atoms with Gasteiger partial charge in [-0.25, -0.2) is 17.5 Å². The smallest absolute Gasteiger partial charge is 0.338 e. The number of esters is 1. The first kappa shape index (κ1) is 22.1. The lowest BCUT2D eigenvalue weighted by Gasteiger charge is -2.43. The second kappa shape index (κ2) is 7.50. The molecule has 2 bridgehead atoms. The highest BCUT2D eigenvalue weighted by atomic mass is 32.2. The van der Waals surface area contributed by atoms with Gasteiger partial charge in [-0.1, -0.05) is 57.7 Å². The summed E-state index contributed by atoms with van der Waals surface area (Å²) in [7, 11) is -3.63. The Hall–Kier alpha value is -1.09. The molecule has 30 heavy (non-hydrogen) atoms. The molecule has 4 atom stereocenters. The van der Waals surface area contributed by atoms with Crippen LogP contribution in [0.2, 0.25) is 0 Å². The fourth-order valence-electron chi connectivity index (χ4n) is 5.67. The summed E-state index contributed by atoms with van der Waals surface area (Å²) < 4.78 is 34.3. The number of nitrogens with one attached hydrogen (secondary N) is 1. The first-order valence-corrected chi connectivity index (χ1v) is 13.1. The van der Waals surface area contributed by atoms with Crippen molar-refractivity contribution in [1.29, 1.82) is 0 Å². The number of carbonyl (C=O) groups is 1. The number of thioether (sulfide) groups is 1. The van der Waals surface area contributed by atoms with Gasteiger partial charge in [-0.3, -0.25) is 5.32 Å². The zero-order valence-electron chi connectivity index (χ0n) is 18.2. The highest BCUT2D eigenvalue weighted by Crippen LogP contribution is 2.65. The molecule has 6 nitrogen and oxygen atoms in total. The van der Waals surface area contributed by atoms with E-state index in [1.54, 1.807) is 4.31 Å². The molecule has 1 aromatic rings. The molecule has 4 rings (SSSR count). The van der Waals surface area contributed by atoms with E-state index in [0.29, 0.717) is 32.5 Å². The molecule has 8 heteroatoms. The molecule has 3 aliphatic rings. The number of sulfonamides is 1. The molecule has 2 saturated carbocycles. The van der Waals surface area contributed by atoms with Crippen molar-refractivity contribution >= 4 is 27.8 Å². The molecule has 1 N–H and O–H groups in total. The summed E-state index contributed by atoms with van der Waals surface area (Å²) in [6.07, 6.45) is 1.42. The van der Waals surface area contributed by atoms with Crippen LogP contribution in [0.1, 0.15) is 47.0 Å². The van der Waals surface area contributed by atoms with Crippen LogP contribution in [0.5, 0.6) is 0 Å². The summed E-state index contributed by atoms with van der Waals surface area (Å²) in [5.41, 5.74) is -0.434. The number of benzene rings is 1. The van der Waals surface area contributed by atoms with Gasteiger partial charge in [0.15, 0.2) is 4.87 Å². The van der Waals surface area contributed by atoms with Crippen molar-refractivity contribution in [3.63, 3.8) is 0 Å². The lowest BCUT2D eigenvalue weighted by atomic mass is 9.81. The van der Waals surface area contributed by atoms with Gasteiger partial charge in [0.25, 0.3) is 0 Å². The molecular formula is C22H32N2O4S2. The van der Waals surface area contributed by atoms with E-state index in [9.17, 15) is 13.2 Å². The minimum absolute atomic E-state index is 0.241. The maximum atomic E-state index is 13.9. The third kappa shape index (κ3) is 3.05. The number of fused-ring (bicyclic) bond motifs is 2. The first-order valence-electron chi connectivity index (χ1n) is 10.8. The van der Waals surface area contributed by atoms with E-state index in [1.807, 2.05) is 58.0 Å². The predicted octanol–water partition coefficient (Wildman–Crippen LogP) is 3.24. The van der Waals surface area contributed by atoms with Gasteiger partial charge in [0, 0.05) is 24.5 Å². The number of hydrogen-bond donors (Lipinski definition) is 1. The Morgan fingerprint density at radius 3 is 2.40 bits per heavy atom. The van der Waals surface area contributed by atoms with E-state index in [-0.39, 0.29) is 11.9 Å². The normalized spacial score (nSPS) is 34.3. The van der Waals surface area contributed by atoms with Crippen LogP contribution in [0.15, 0.2) is 35.2 Å². The van der Waals surface area contributed by atoms with Crippen LogP contribution in [0.4, 0.5) is 0 Å². The van der Waals surface area contributed by atoms with E-state index in [2.05, 4.69) is 5.32 Å². The summed E-state index contributed by atoms with van der Waals surface area (Å²) in [5.74, 6) is -0.107. The Kier molecular flexibility index (Phi) is 5.53. The minimum Gasteiger partial charge on any atom is -0.459 e. The molecule has 0 amide bonds. The van der Waals surface area contributed by atoms with Gasteiger partial charge in [-0.15, -0.1) is 0 Å². The van der Waals surface area contributed by atoms with Gasteiger partial charge in [0.2, 0.25) is 10.0 Å². The standard InChI is InChI=1S/C22H32N2O4S2/c1-5-24(6-2)30(26,27)21-13-12-16(20(21,3)4)14-18(21)28-19(25)22(15-23-22)29-17-10-8-7-9-11-17/h7-11,16,18,23H,5-6,12-15H2,1-4H3/t16-,18-,21-,22-/m1/s1. The van der Waals surface area contributed by atoms with E-state index < -0.39 is 31.2 Å². The van der Waals surface area contributed by atoms with Gasteiger partial charge in [-0.2, -0.15) is 0 Å². The second-order valence-electron chi connectivity index (χ2n) is 9.16. The van der Waals surface area contributed by atoms with E-state index >= 15 is 0 Å². The fourth-order valence-corrected chi connectivity index (χ4v) is 9.54. The Bertz CT molecular complexity index is 910. The molecule has 3 fully saturated rings. The van der Waals surface area contributed by atoms with E-state index in [1.165, 1.54) is 11.8 Å². The van der Waals surface area contributed by atoms with Crippen molar-refractivity contribution in [1.82, 2.24) is 9.62 Å². The lowest BCUT2D eigenvalue weighted by Crippen LogP contribution is -2.59. The summed E-state index contributed by atoms with van der Waals surface area (Å²) >= 11 is 1.44. The van der Waals surface area contributed by atoms with Gasteiger partial charge in [-0.05, 0) is 42.7 Å². The molecule has 2 aliphatic carbocycles. The van der Waals surface area contributed by atoms with Crippen LogP contribution in [0.3, 0.4) is 0 Å². The van der Waals surface area contributed by atoms with Crippen molar-refractivity contribution in [3.05, 3.63) is 30.3 Å². The molecule has 1 saturated heterocycles. The van der Waals surface area contributed by atoms with E-state index in [0.717, 1.165) is 11.3 Å². The number of rotatable bonds is 8. The average molecular weight is 453 g/mol. The highest BCUT2D eigenvalue weighted by molar-refractivity contribution is 8.01. The molecule has 1 aliphatic heterocycles. The maximum Gasteiger partial charge on any atom is 0.338 e. The van der Waals surface area contributed by atoms with Gasteiger partial charge >= 0.3 is 5.97 Å². The molecule has 166 valence electrons. The SMILES string of the molecule is CCN(CC)S(=O)(=O)[C@]12CC[C@H](C[C@H]1OC(=O)[C@]1(Sc3ccccc3)CN1)C2(C)C. The zero-order chi connectivity index (χ0) is 21.8. The Labute approximate surface area is 184 Å². The molecule has 0 unspecified atom stereocenters. The van der Waals surface area contributed by atoms with Crippen LogP contribution in [-0.2, 0) is 19.6 Å². The highest BCUT2D eigenvalue weighted by Gasteiger charge is 2.73. The topological polar surface area (TPSA) is 85.6 Å². The fraction of sp³-hybridized carbons (Fsp3) is 0.682. The van der Waals surface area contributed by atoms with Crippen LogP contribution < -0.4 is 5.32 Å². The number of carbonyl (C=O) groups excluding carboxylic acids is 1. The Morgan fingerprint density at radius 1 is 1.23 bits per heavy atom. The van der Waals surface area contributed by atoms with Crippen LogP contribution in [-0.4, -0.2) is 54.0 Å². The monoisotopic (exact) mass is 452 g/mol. The average Bonchev–Trinajstić information content (AvgIpc) is 3.40. The third-order valence-electron chi connectivity index (χ3n) is 7.61. The number of ether oxygens (including phenoxy) is 1. The molecular weight excluding hydrogens is 420 g/mol. The van der Waals surface area contributed by atoms with Crippen LogP contribution in [0.25, 0.3) is 0 Å². The van der Waals surface area contributed by atoms with Crippen LogP contribution in [0, 0.1) is 11.3 Å². The lowest BCUT2D eigenvalue weighted by molar-refractivity contribution is -0.151. The number of nitrogens with zero attached hydrogens (tertiary/aromatic N) is 1. The van der Waals surface area contributed by atoms with Crippen molar-refractivity contribution in [2.24, 2.45) is 11.3 Å². The quantitative estimate of drug-likeness (QED) is 0.481. The van der Waals surface area contributed by atoms with Crippen molar-refractivity contribution < 1.29 is 17.9 Å². The third-order valence-corrected chi connectivity index (χ3v) is 12.0. The summed E-state index contributed by atoms with van der Waals surface area (Å²) in [6.45, 7) is 9.21. The first-order chi connectivity index (χ1) is 14.1. The second-order valence-corrected chi connectivity index (χ2v) is 12.7. The summed E-state index contributed by atoms with van der Waals surface area (Å²) in [6, 6.07) is 9.75. The molecule has 1 aromatic carbocycles. The van der Waals surface area contributed by atoms with Crippen molar-refractivity contribution in [3.8, 4) is 0 Å². The van der Waals surface area contributed by atoms with Crippen molar-refractivity contribution in [2.45, 2.75) is 67.6 Å². The number of hydrogen-bond acceptors (Lipinski definition) is 6. The summed E-state index contributed by atoms with van der Waals surface area (Å²) in [5, 5.41) is 3.16. The Morgan fingerprint density at radius 2 is 1.87 bits per heavy atom. The zero-order valence-corrected chi connectivity index (χ0v) is 19.8. The maximum absolute atomic E-state index is 13.9. The Balaban J connectivity index is 1.62. The molecule has 0 aromatic heterocycles. The largest absolute Gasteiger partial charge is 0.459 e. The summed E-state index contributed by atoms with van der Waals surface area (Å²) in [4.78, 5) is 13.4. The van der Waals surface area contributed by atoms with Crippen LogP contribution >= 0.6 is 11.8 Å². The predicted molar refractivity (Wildman–Crippen MR) is 119 cm³/mol. The van der Waals surface area contributed by atoms with Gasteiger partial charge in [0.05, 0.1) is 0 Å².